The quantitative estimate of drug-likeness (QED) is 0.646. The predicted molar refractivity (Wildman–Crippen MR) is 97.4 cm³/mol. The number of ether oxygens (including phenoxy) is 1. The zero-order chi connectivity index (χ0) is 18.0. The van der Waals surface area contributed by atoms with Crippen molar-refractivity contribution in [1.29, 1.82) is 0 Å². The fraction of sp³-hybridized carbons (Fsp3) is 0.111. The minimum absolute atomic E-state index is 0.153. The molecular formula is C18H12Cl2NO3S-. The minimum Gasteiger partial charge on any atom is -0.544 e. The Balaban J connectivity index is 1.72. The Morgan fingerprint density at radius 3 is 2.52 bits per heavy atom. The number of nitrogens with zero attached hydrogens (tertiary/aromatic N) is 1. The van der Waals surface area contributed by atoms with Gasteiger partial charge >= 0.3 is 0 Å². The van der Waals surface area contributed by atoms with Crippen LogP contribution < -0.4 is 9.84 Å². The van der Waals surface area contributed by atoms with Crippen LogP contribution in [0.3, 0.4) is 0 Å². The standard InChI is InChI=1S/C18H13Cl2NO3S/c1-10-16(18(22)23)25-17(21-10)12-4-2-11(3-5-12)9-24-15-7-6-13(19)8-14(15)20/h2-8H,9H2,1H3,(H,22,23)/p-1. The molecule has 1 aromatic heterocycles. The van der Waals surface area contributed by atoms with E-state index in [4.69, 9.17) is 27.9 Å². The van der Waals surface area contributed by atoms with Crippen molar-refractivity contribution in [2.75, 3.05) is 0 Å². The Bertz CT molecular complexity index is 923. The zero-order valence-electron chi connectivity index (χ0n) is 13.1. The van der Waals surface area contributed by atoms with Crippen LogP contribution in [0.2, 0.25) is 10.0 Å². The van der Waals surface area contributed by atoms with E-state index in [2.05, 4.69) is 4.98 Å². The lowest BCUT2D eigenvalue weighted by Crippen LogP contribution is -2.21. The molecule has 1 heterocycles. The summed E-state index contributed by atoms with van der Waals surface area (Å²) in [6, 6.07) is 12.6. The molecule has 0 aliphatic carbocycles. The highest BCUT2D eigenvalue weighted by molar-refractivity contribution is 7.17. The molecule has 0 atom stereocenters. The second-order valence-corrected chi connectivity index (χ2v) is 7.12. The molecule has 0 bridgehead atoms. The lowest BCUT2D eigenvalue weighted by atomic mass is 10.1. The SMILES string of the molecule is Cc1nc(-c2ccc(COc3ccc(Cl)cc3Cl)cc2)sc1C(=O)[O-]. The maximum absolute atomic E-state index is 11.0. The first-order valence-electron chi connectivity index (χ1n) is 7.30. The molecule has 0 saturated heterocycles. The number of hydrogen-bond donors (Lipinski definition) is 0. The molecule has 4 nitrogen and oxygen atoms in total. The number of halogens is 2. The van der Waals surface area contributed by atoms with E-state index in [1.807, 2.05) is 24.3 Å². The summed E-state index contributed by atoms with van der Waals surface area (Å²) in [6.07, 6.45) is 0. The predicted octanol–water partition coefficient (Wildman–Crippen LogP) is 4.37. The van der Waals surface area contributed by atoms with Gasteiger partial charge in [-0.15, -0.1) is 11.3 Å². The van der Waals surface area contributed by atoms with Crippen LogP contribution in [0.4, 0.5) is 0 Å². The average molecular weight is 393 g/mol. The van der Waals surface area contributed by atoms with Crippen LogP contribution >= 0.6 is 34.5 Å². The Morgan fingerprint density at radius 2 is 1.92 bits per heavy atom. The van der Waals surface area contributed by atoms with Crippen LogP contribution in [0.15, 0.2) is 42.5 Å². The van der Waals surface area contributed by atoms with Gasteiger partial charge in [0.15, 0.2) is 0 Å². The van der Waals surface area contributed by atoms with Crippen LogP contribution in [0.1, 0.15) is 20.9 Å². The first-order chi connectivity index (χ1) is 11.9. The largest absolute Gasteiger partial charge is 0.544 e. The molecule has 0 radical (unpaired) electrons. The molecule has 7 heteroatoms. The fourth-order valence-electron chi connectivity index (χ4n) is 2.21. The van der Waals surface area contributed by atoms with Gasteiger partial charge in [0.2, 0.25) is 0 Å². The third-order valence-electron chi connectivity index (χ3n) is 3.47. The van der Waals surface area contributed by atoms with Crippen LogP contribution in [-0.2, 0) is 6.61 Å². The summed E-state index contributed by atoms with van der Waals surface area (Å²) in [7, 11) is 0. The van der Waals surface area contributed by atoms with Crippen molar-refractivity contribution in [2.24, 2.45) is 0 Å². The molecule has 0 N–H and O–H groups in total. The first kappa shape index (κ1) is 17.7. The fourth-order valence-corrected chi connectivity index (χ4v) is 3.58. The lowest BCUT2D eigenvalue weighted by molar-refractivity contribution is -0.254. The summed E-state index contributed by atoms with van der Waals surface area (Å²) in [5, 5.41) is 12.7. The van der Waals surface area contributed by atoms with E-state index in [1.165, 1.54) is 0 Å². The van der Waals surface area contributed by atoms with Gasteiger partial charge in [-0.25, -0.2) is 4.98 Å². The molecule has 0 amide bonds. The first-order valence-corrected chi connectivity index (χ1v) is 8.87. The Hall–Kier alpha value is -2.08. The van der Waals surface area contributed by atoms with E-state index in [1.54, 1.807) is 25.1 Å². The summed E-state index contributed by atoms with van der Waals surface area (Å²) < 4.78 is 5.69. The minimum atomic E-state index is -1.20. The van der Waals surface area contributed by atoms with Gasteiger partial charge in [0.05, 0.1) is 21.6 Å². The van der Waals surface area contributed by atoms with E-state index in [0.717, 1.165) is 22.5 Å². The third kappa shape index (κ3) is 4.12. The number of thiazole rings is 1. The van der Waals surface area contributed by atoms with Crippen molar-refractivity contribution in [3.05, 3.63) is 68.6 Å². The maximum Gasteiger partial charge on any atom is 0.138 e. The molecular weight excluding hydrogens is 381 g/mol. The van der Waals surface area contributed by atoms with E-state index in [9.17, 15) is 9.90 Å². The molecule has 0 saturated carbocycles. The summed E-state index contributed by atoms with van der Waals surface area (Å²) >= 11 is 13.0. The molecule has 0 spiro atoms. The van der Waals surface area contributed by atoms with Crippen LogP contribution in [0.5, 0.6) is 5.75 Å². The molecule has 3 rings (SSSR count). The second kappa shape index (κ2) is 7.44. The van der Waals surface area contributed by atoms with Gasteiger partial charge in [0.1, 0.15) is 17.4 Å². The van der Waals surface area contributed by atoms with Gasteiger partial charge in [0.25, 0.3) is 0 Å². The molecule has 25 heavy (non-hydrogen) atoms. The number of carbonyl (C=O) groups excluding carboxylic acids is 1. The summed E-state index contributed by atoms with van der Waals surface area (Å²) in [5.74, 6) is -0.643. The van der Waals surface area contributed by atoms with E-state index in [-0.39, 0.29) is 4.88 Å². The Labute approximate surface area is 158 Å². The summed E-state index contributed by atoms with van der Waals surface area (Å²) in [6.45, 7) is 2.01. The highest BCUT2D eigenvalue weighted by atomic mass is 35.5. The van der Waals surface area contributed by atoms with Gasteiger partial charge in [-0.1, -0.05) is 47.5 Å². The average Bonchev–Trinajstić information content (AvgIpc) is 2.97. The highest BCUT2D eigenvalue weighted by Gasteiger charge is 2.10. The van der Waals surface area contributed by atoms with Crippen LogP contribution in [0.25, 0.3) is 10.6 Å². The van der Waals surface area contributed by atoms with E-state index >= 15 is 0 Å². The summed E-state index contributed by atoms with van der Waals surface area (Å²) in [5.41, 5.74) is 2.25. The topological polar surface area (TPSA) is 62.2 Å². The monoisotopic (exact) mass is 392 g/mol. The zero-order valence-corrected chi connectivity index (χ0v) is 15.4. The number of carbonyl (C=O) groups is 1. The van der Waals surface area contributed by atoms with Crippen LogP contribution in [-0.4, -0.2) is 11.0 Å². The normalized spacial score (nSPS) is 10.7. The lowest BCUT2D eigenvalue weighted by Gasteiger charge is -2.08. The number of aromatic carboxylic acids is 1. The van der Waals surface area contributed by atoms with Gasteiger partial charge in [-0.05, 0) is 30.7 Å². The van der Waals surface area contributed by atoms with E-state index in [0.29, 0.717) is 33.1 Å². The second-order valence-electron chi connectivity index (χ2n) is 5.28. The smallest absolute Gasteiger partial charge is 0.138 e. The molecule has 3 aromatic rings. The molecule has 0 aliphatic heterocycles. The molecule has 2 aromatic carbocycles. The maximum atomic E-state index is 11.0. The molecule has 0 fully saturated rings. The van der Waals surface area contributed by atoms with Gasteiger partial charge in [-0.3, -0.25) is 0 Å². The number of aryl methyl sites for hydroxylation is 1. The highest BCUT2D eigenvalue weighted by Crippen LogP contribution is 2.30. The van der Waals surface area contributed by atoms with Crippen molar-refractivity contribution >= 4 is 40.5 Å². The van der Waals surface area contributed by atoms with Gasteiger partial charge in [-0.2, -0.15) is 0 Å². The molecule has 128 valence electrons. The number of aromatic nitrogens is 1. The van der Waals surface area contributed by atoms with Gasteiger partial charge in [0, 0.05) is 10.6 Å². The molecule has 0 aliphatic rings. The van der Waals surface area contributed by atoms with Crippen molar-refractivity contribution < 1.29 is 14.6 Å². The Kier molecular flexibility index (Phi) is 5.27. The number of benzene rings is 2. The van der Waals surface area contributed by atoms with Gasteiger partial charge < -0.3 is 14.6 Å². The number of rotatable bonds is 5. The number of carboxylic acid groups (broad SMARTS) is 1. The third-order valence-corrected chi connectivity index (χ3v) is 5.19. The van der Waals surface area contributed by atoms with Crippen molar-refractivity contribution in [2.45, 2.75) is 13.5 Å². The Morgan fingerprint density at radius 1 is 1.20 bits per heavy atom. The number of carboxylic acids is 1. The van der Waals surface area contributed by atoms with Crippen molar-refractivity contribution in [1.82, 2.24) is 4.98 Å². The van der Waals surface area contributed by atoms with E-state index < -0.39 is 5.97 Å². The summed E-state index contributed by atoms with van der Waals surface area (Å²) in [4.78, 5) is 15.4. The van der Waals surface area contributed by atoms with Crippen molar-refractivity contribution in [3.63, 3.8) is 0 Å². The van der Waals surface area contributed by atoms with Crippen molar-refractivity contribution in [3.8, 4) is 16.3 Å². The molecule has 0 unspecified atom stereocenters. The van der Waals surface area contributed by atoms with Crippen LogP contribution in [0, 0.1) is 6.92 Å². The number of hydrogen-bond acceptors (Lipinski definition) is 5.